The number of nitrogens with two attached hydrogens (primary N) is 1. The van der Waals surface area contributed by atoms with Crippen molar-refractivity contribution >= 4 is 22.9 Å². The van der Waals surface area contributed by atoms with Crippen molar-refractivity contribution in [3.63, 3.8) is 0 Å². The summed E-state index contributed by atoms with van der Waals surface area (Å²) in [5.74, 6) is -0.129. The van der Waals surface area contributed by atoms with Gasteiger partial charge < -0.3 is 15.5 Å². The summed E-state index contributed by atoms with van der Waals surface area (Å²) in [6.45, 7) is 1.81. The highest BCUT2D eigenvalue weighted by Gasteiger charge is 2.41. The van der Waals surface area contributed by atoms with Crippen LogP contribution in [0.1, 0.15) is 41.9 Å². The Morgan fingerprint density at radius 1 is 1.11 bits per heavy atom. The standard InChI is InChI=1S/C21H21N3O3/c1-13-23-17-12-15(7-8-18(17)27-13)14-5-4-6-16(11-14)19(25)24-21(20(22)26)9-2-3-10-21/h4-8,11-12H,2-3,9-10H2,1H3,(H2,22,26)(H,24,25). The molecule has 1 aliphatic rings. The molecule has 6 nitrogen and oxygen atoms in total. The van der Waals surface area contributed by atoms with E-state index in [1.807, 2.05) is 43.3 Å². The van der Waals surface area contributed by atoms with Gasteiger partial charge in [-0.15, -0.1) is 0 Å². The molecule has 2 amide bonds. The molecule has 0 atom stereocenters. The monoisotopic (exact) mass is 363 g/mol. The Morgan fingerprint density at radius 3 is 2.59 bits per heavy atom. The highest BCUT2D eigenvalue weighted by Crippen LogP contribution is 2.30. The van der Waals surface area contributed by atoms with E-state index in [1.165, 1.54) is 0 Å². The molecule has 2 aromatic carbocycles. The van der Waals surface area contributed by atoms with Gasteiger partial charge in [0.15, 0.2) is 11.5 Å². The molecule has 3 aromatic rings. The number of benzene rings is 2. The van der Waals surface area contributed by atoms with E-state index < -0.39 is 11.4 Å². The topological polar surface area (TPSA) is 98.2 Å². The van der Waals surface area contributed by atoms with Crippen molar-refractivity contribution in [1.29, 1.82) is 0 Å². The second-order valence-electron chi connectivity index (χ2n) is 7.10. The maximum atomic E-state index is 12.8. The fourth-order valence-corrected chi connectivity index (χ4v) is 3.76. The maximum absolute atomic E-state index is 12.8. The van der Waals surface area contributed by atoms with Crippen molar-refractivity contribution < 1.29 is 14.0 Å². The van der Waals surface area contributed by atoms with Crippen molar-refractivity contribution in [2.24, 2.45) is 5.73 Å². The van der Waals surface area contributed by atoms with Gasteiger partial charge in [-0.25, -0.2) is 4.98 Å². The SMILES string of the molecule is Cc1nc2cc(-c3cccc(C(=O)NC4(C(N)=O)CCCC4)c3)ccc2o1. The molecule has 0 saturated heterocycles. The third-order valence-corrected chi connectivity index (χ3v) is 5.23. The number of amides is 2. The third kappa shape index (κ3) is 3.18. The average Bonchev–Trinajstić information content (AvgIpc) is 3.27. The molecule has 0 spiro atoms. The maximum Gasteiger partial charge on any atom is 0.252 e. The first-order valence-electron chi connectivity index (χ1n) is 9.07. The van der Waals surface area contributed by atoms with Crippen LogP contribution in [0.4, 0.5) is 0 Å². The molecule has 6 heteroatoms. The van der Waals surface area contributed by atoms with Gasteiger partial charge in [0.25, 0.3) is 5.91 Å². The first kappa shape index (κ1) is 17.3. The number of carbonyl (C=O) groups excluding carboxylic acids is 2. The van der Waals surface area contributed by atoms with Gasteiger partial charge in [-0.1, -0.05) is 31.0 Å². The van der Waals surface area contributed by atoms with Crippen LogP contribution in [0, 0.1) is 6.92 Å². The zero-order valence-corrected chi connectivity index (χ0v) is 15.1. The zero-order chi connectivity index (χ0) is 19.0. The number of hydrogen-bond acceptors (Lipinski definition) is 4. The Balaban J connectivity index is 1.63. The second-order valence-corrected chi connectivity index (χ2v) is 7.10. The fraction of sp³-hybridized carbons (Fsp3) is 0.286. The van der Waals surface area contributed by atoms with Crippen molar-refractivity contribution in [3.05, 3.63) is 53.9 Å². The van der Waals surface area contributed by atoms with Gasteiger partial charge in [0.2, 0.25) is 5.91 Å². The Labute approximate surface area is 156 Å². The smallest absolute Gasteiger partial charge is 0.252 e. The molecule has 27 heavy (non-hydrogen) atoms. The molecule has 138 valence electrons. The van der Waals surface area contributed by atoms with Crippen LogP contribution in [0.2, 0.25) is 0 Å². The predicted octanol–water partition coefficient (Wildman–Crippen LogP) is 3.33. The molecule has 1 aromatic heterocycles. The van der Waals surface area contributed by atoms with Gasteiger partial charge in [-0.2, -0.15) is 0 Å². The summed E-state index contributed by atoms with van der Waals surface area (Å²) in [6.07, 6.45) is 2.96. The lowest BCUT2D eigenvalue weighted by molar-refractivity contribution is -0.123. The molecule has 0 bridgehead atoms. The number of rotatable bonds is 4. The molecular formula is C21H21N3O3. The molecule has 0 aliphatic heterocycles. The van der Waals surface area contributed by atoms with Crippen LogP contribution >= 0.6 is 0 Å². The number of nitrogens with one attached hydrogen (secondary N) is 1. The van der Waals surface area contributed by atoms with Crippen LogP contribution in [0.25, 0.3) is 22.2 Å². The number of carbonyl (C=O) groups is 2. The number of aromatic nitrogens is 1. The largest absolute Gasteiger partial charge is 0.441 e. The Bertz CT molecular complexity index is 1030. The Kier molecular flexibility index (Phi) is 4.18. The molecule has 0 unspecified atom stereocenters. The molecule has 1 aliphatic carbocycles. The lowest BCUT2D eigenvalue weighted by Crippen LogP contribution is -2.55. The van der Waals surface area contributed by atoms with Gasteiger partial charge in [0.1, 0.15) is 11.1 Å². The van der Waals surface area contributed by atoms with Crippen LogP contribution in [0.5, 0.6) is 0 Å². The first-order chi connectivity index (χ1) is 13.0. The van der Waals surface area contributed by atoms with Crippen LogP contribution in [-0.2, 0) is 4.79 Å². The summed E-state index contributed by atoms with van der Waals surface area (Å²) in [5, 5.41) is 2.88. The molecule has 0 radical (unpaired) electrons. The van der Waals surface area contributed by atoms with Crippen LogP contribution < -0.4 is 11.1 Å². The van der Waals surface area contributed by atoms with Crippen LogP contribution in [-0.4, -0.2) is 22.3 Å². The Hall–Kier alpha value is -3.15. The van der Waals surface area contributed by atoms with E-state index in [0.29, 0.717) is 24.3 Å². The van der Waals surface area contributed by atoms with E-state index in [2.05, 4.69) is 10.3 Å². The normalized spacial score (nSPS) is 15.7. The van der Waals surface area contributed by atoms with Crippen molar-refractivity contribution in [3.8, 4) is 11.1 Å². The second kappa shape index (κ2) is 6.54. The van der Waals surface area contributed by atoms with Crippen molar-refractivity contribution in [2.45, 2.75) is 38.1 Å². The lowest BCUT2D eigenvalue weighted by atomic mass is 9.95. The van der Waals surface area contributed by atoms with Crippen LogP contribution in [0.15, 0.2) is 46.9 Å². The van der Waals surface area contributed by atoms with E-state index in [1.54, 1.807) is 6.07 Å². The molecule has 1 saturated carbocycles. The van der Waals surface area contributed by atoms with E-state index in [0.717, 1.165) is 35.1 Å². The van der Waals surface area contributed by atoms with Gasteiger partial charge >= 0.3 is 0 Å². The van der Waals surface area contributed by atoms with E-state index >= 15 is 0 Å². The summed E-state index contributed by atoms with van der Waals surface area (Å²) in [7, 11) is 0. The van der Waals surface area contributed by atoms with Gasteiger partial charge in [0.05, 0.1) is 0 Å². The van der Waals surface area contributed by atoms with E-state index in [4.69, 9.17) is 10.2 Å². The number of oxazole rings is 1. The first-order valence-corrected chi connectivity index (χ1v) is 9.07. The molecular weight excluding hydrogens is 342 g/mol. The minimum atomic E-state index is -0.926. The highest BCUT2D eigenvalue weighted by atomic mass is 16.3. The minimum absolute atomic E-state index is 0.282. The number of nitrogens with zero attached hydrogens (tertiary/aromatic N) is 1. The molecule has 4 rings (SSSR count). The number of fused-ring (bicyclic) bond motifs is 1. The third-order valence-electron chi connectivity index (χ3n) is 5.23. The van der Waals surface area contributed by atoms with Crippen LogP contribution in [0.3, 0.4) is 0 Å². The summed E-state index contributed by atoms with van der Waals surface area (Å²) >= 11 is 0. The summed E-state index contributed by atoms with van der Waals surface area (Å²) in [4.78, 5) is 29.0. The highest BCUT2D eigenvalue weighted by molar-refractivity contribution is 6.00. The number of primary amides is 1. The quantitative estimate of drug-likeness (QED) is 0.743. The zero-order valence-electron chi connectivity index (χ0n) is 15.1. The molecule has 1 fully saturated rings. The van der Waals surface area contributed by atoms with Crippen molar-refractivity contribution in [1.82, 2.24) is 10.3 Å². The van der Waals surface area contributed by atoms with E-state index in [9.17, 15) is 9.59 Å². The summed E-state index contributed by atoms with van der Waals surface area (Å²) < 4.78 is 5.51. The fourth-order valence-electron chi connectivity index (χ4n) is 3.76. The molecule has 1 heterocycles. The average molecular weight is 363 g/mol. The predicted molar refractivity (Wildman–Crippen MR) is 102 cm³/mol. The summed E-state index contributed by atoms with van der Waals surface area (Å²) in [5.41, 5.74) is 8.48. The summed E-state index contributed by atoms with van der Waals surface area (Å²) in [6, 6.07) is 13.1. The van der Waals surface area contributed by atoms with Crippen molar-refractivity contribution in [2.75, 3.05) is 0 Å². The minimum Gasteiger partial charge on any atom is -0.441 e. The number of aryl methyl sites for hydroxylation is 1. The lowest BCUT2D eigenvalue weighted by Gasteiger charge is -2.26. The number of hydrogen-bond donors (Lipinski definition) is 2. The van der Waals surface area contributed by atoms with Gasteiger partial charge in [-0.05, 0) is 48.2 Å². The van der Waals surface area contributed by atoms with Gasteiger partial charge in [-0.3, -0.25) is 9.59 Å². The molecule has 3 N–H and O–H groups in total. The Morgan fingerprint density at radius 2 is 1.85 bits per heavy atom. The van der Waals surface area contributed by atoms with Gasteiger partial charge in [0, 0.05) is 12.5 Å². The van der Waals surface area contributed by atoms with E-state index in [-0.39, 0.29) is 5.91 Å².